The van der Waals surface area contributed by atoms with Crippen LogP contribution in [0.25, 0.3) is 0 Å². The predicted octanol–water partition coefficient (Wildman–Crippen LogP) is 0.603. The molecule has 0 aromatic heterocycles. The van der Waals surface area contributed by atoms with Crippen LogP contribution in [0.2, 0.25) is 0 Å². The summed E-state index contributed by atoms with van der Waals surface area (Å²) >= 11 is 0. The average Bonchev–Trinajstić information content (AvgIpc) is 2.75. The Bertz CT molecular complexity index is 262. The van der Waals surface area contributed by atoms with Crippen LogP contribution in [-0.4, -0.2) is 36.6 Å². The van der Waals surface area contributed by atoms with Crippen LogP contribution in [0.15, 0.2) is 0 Å². The first-order valence-corrected chi connectivity index (χ1v) is 6.29. The van der Waals surface area contributed by atoms with Crippen LogP contribution < -0.4 is 10.6 Å². The summed E-state index contributed by atoms with van der Waals surface area (Å²) in [5, 5.41) is 15.1. The Labute approximate surface area is 102 Å². The fourth-order valence-electron chi connectivity index (χ4n) is 2.33. The Morgan fingerprint density at radius 1 is 1.47 bits per heavy atom. The van der Waals surface area contributed by atoms with Crippen LogP contribution in [0.3, 0.4) is 0 Å². The van der Waals surface area contributed by atoms with E-state index in [4.69, 9.17) is 0 Å². The minimum atomic E-state index is -0.682. The molecule has 3 N–H and O–H groups in total. The molecule has 1 heterocycles. The molecule has 1 rings (SSSR count). The number of carboxylic acids is 1. The quantitative estimate of drug-likeness (QED) is 0.571. The van der Waals surface area contributed by atoms with Crippen LogP contribution in [0, 0.1) is 11.8 Å². The summed E-state index contributed by atoms with van der Waals surface area (Å²) < 4.78 is 0. The zero-order chi connectivity index (χ0) is 12.7. The van der Waals surface area contributed by atoms with Crippen molar-refractivity contribution in [3.8, 4) is 0 Å². The molecule has 1 aliphatic heterocycles. The molecular weight excluding hydrogens is 220 g/mol. The summed E-state index contributed by atoms with van der Waals surface area (Å²) in [7, 11) is 0. The lowest BCUT2D eigenvalue weighted by Crippen LogP contribution is -2.26. The van der Waals surface area contributed by atoms with Crippen molar-refractivity contribution in [3.05, 3.63) is 0 Å². The molecule has 5 heteroatoms. The van der Waals surface area contributed by atoms with Crippen LogP contribution in [-0.2, 0) is 9.59 Å². The van der Waals surface area contributed by atoms with Crippen LogP contribution in [0.5, 0.6) is 0 Å². The third-order valence-electron chi connectivity index (χ3n) is 3.30. The van der Waals surface area contributed by atoms with Gasteiger partial charge in [-0.15, -0.1) is 0 Å². The number of amides is 1. The Hall–Kier alpha value is -1.10. The van der Waals surface area contributed by atoms with Gasteiger partial charge in [0.05, 0.1) is 5.92 Å². The van der Waals surface area contributed by atoms with E-state index in [-0.39, 0.29) is 17.7 Å². The highest BCUT2D eigenvalue weighted by atomic mass is 16.4. The number of carbonyl (C=O) groups excluding carboxylic acids is 1. The topological polar surface area (TPSA) is 78.4 Å². The second-order valence-corrected chi connectivity index (χ2v) is 4.68. The molecule has 0 aromatic rings. The monoisotopic (exact) mass is 242 g/mol. The Morgan fingerprint density at radius 3 is 2.76 bits per heavy atom. The molecule has 2 atom stereocenters. The Balaban J connectivity index is 2.20. The summed E-state index contributed by atoms with van der Waals surface area (Å²) in [5.74, 6) is -0.673. The molecule has 2 unspecified atom stereocenters. The van der Waals surface area contributed by atoms with Gasteiger partial charge in [-0.25, -0.2) is 0 Å². The van der Waals surface area contributed by atoms with Gasteiger partial charge in [0.25, 0.3) is 0 Å². The maximum absolute atomic E-state index is 11.2. The van der Waals surface area contributed by atoms with Crippen molar-refractivity contribution in [2.45, 2.75) is 32.6 Å². The van der Waals surface area contributed by atoms with Crippen molar-refractivity contribution in [1.29, 1.82) is 0 Å². The zero-order valence-corrected chi connectivity index (χ0v) is 10.4. The summed E-state index contributed by atoms with van der Waals surface area (Å²) in [6.07, 6.45) is 3.38. The third-order valence-corrected chi connectivity index (χ3v) is 3.30. The normalized spacial score (nSPS) is 21.1. The van der Waals surface area contributed by atoms with E-state index in [9.17, 15) is 14.7 Å². The van der Waals surface area contributed by atoms with Gasteiger partial charge in [-0.2, -0.15) is 0 Å². The second kappa shape index (κ2) is 7.27. The van der Waals surface area contributed by atoms with E-state index in [2.05, 4.69) is 10.6 Å². The van der Waals surface area contributed by atoms with Gasteiger partial charge in [0.2, 0.25) is 5.91 Å². The summed E-state index contributed by atoms with van der Waals surface area (Å²) in [6.45, 7) is 3.89. The van der Waals surface area contributed by atoms with E-state index in [1.807, 2.05) is 0 Å². The number of hydrogen-bond donors (Lipinski definition) is 3. The molecule has 0 spiro atoms. The Kier molecular flexibility index (Phi) is 5.97. The molecule has 0 saturated carbocycles. The molecule has 0 radical (unpaired) electrons. The minimum absolute atomic E-state index is 0.0280. The van der Waals surface area contributed by atoms with Gasteiger partial charge in [0.1, 0.15) is 0 Å². The zero-order valence-electron chi connectivity index (χ0n) is 10.4. The van der Waals surface area contributed by atoms with Crippen LogP contribution in [0.4, 0.5) is 0 Å². The van der Waals surface area contributed by atoms with Gasteiger partial charge < -0.3 is 15.7 Å². The van der Waals surface area contributed by atoms with Crippen molar-refractivity contribution in [2.75, 3.05) is 19.6 Å². The summed E-state index contributed by atoms with van der Waals surface area (Å²) in [4.78, 5) is 21.8. The van der Waals surface area contributed by atoms with Crippen molar-refractivity contribution >= 4 is 11.9 Å². The highest BCUT2D eigenvalue weighted by Gasteiger charge is 2.29. The van der Waals surface area contributed by atoms with E-state index in [1.165, 1.54) is 6.92 Å². The molecule has 0 bridgehead atoms. The van der Waals surface area contributed by atoms with Crippen molar-refractivity contribution in [2.24, 2.45) is 11.8 Å². The highest BCUT2D eigenvalue weighted by Crippen LogP contribution is 2.24. The van der Waals surface area contributed by atoms with Gasteiger partial charge in [-0.05, 0) is 38.3 Å². The number of nitrogens with one attached hydrogen (secondary N) is 2. The van der Waals surface area contributed by atoms with E-state index < -0.39 is 5.97 Å². The standard InChI is InChI=1S/C12H22N2O3/c1-9(15)14-6-3-2-4-11(12(16)17)10-5-7-13-8-10/h10-11,13H,2-8H2,1H3,(H,14,15)(H,16,17). The number of hydrogen-bond acceptors (Lipinski definition) is 3. The van der Waals surface area contributed by atoms with E-state index in [0.717, 1.165) is 32.4 Å². The highest BCUT2D eigenvalue weighted by molar-refractivity contribution is 5.72. The van der Waals surface area contributed by atoms with Gasteiger partial charge in [0, 0.05) is 13.5 Å². The van der Waals surface area contributed by atoms with Crippen molar-refractivity contribution in [1.82, 2.24) is 10.6 Å². The number of aliphatic carboxylic acids is 1. The second-order valence-electron chi connectivity index (χ2n) is 4.68. The van der Waals surface area contributed by atoms with Gasteiger partial charge >= 0.3 is 5.97 Å². The minimum Gasteiger partial charge on any atom is -0.481 e. The van der Waals surface area contributed by atoms with Crippen molar-refractivity contribution < 1.29 is 14.7 Å². The Morgan fingerprint density at radius 2 is 2.24 bits per heavy atom. The fraction of sp³-hybridized carbons (Fsp3) is 0.833. The van der Waals surface area contributed by atoms with E-state index in [0.29, 0.717) is 13.0 Å². The van der Waals surface area contributed by atoms with Crippen molar-refractivity contribution in [3.63, 3.8) is 0 Å². The summed E-state index contributed by atoms with van der Waals surface area (Å²) in [5.41, 5.74) is 0. The number of carboxylic acid groups (broad SMARTS) is 1. The maximum atomic E-state index is 11.2. The van der Waals surface area contributed by atoms with Gasteiger partial charge in [-0.3, -0.25) is 9.59 Å². The predicted molar refractivity (Wildman–Crippen MR) is 64.6 cm³/mol. The number of unbranched alkanes of at least 4 members (excludes halogenated alkanes) is 1. The van der Waals surface area contributed by atoms with Crippen LogP contribution in [0.1, 0.15) is 32.6 Å². The molecular formula is C12H22N2O3. The lowest BCUT2D eigenvalue weighted by molar-refractivity contribution is -0.143. The first kappa shape index (κ1) is 14.0. The average molecular weight is 242 g/mol. The molecule has 17 heavy (non-hydrogen) atoms. The van der Waals surface area contributed by atoms with Gasteiger partial charge in [-0.1, -0.05) is 6.42 Å². The first-order chi connectivity index (χ1) is 8.11. The first-order valence-electron chi connectivity index (χ1n) is 6.29. The molecule has 1 fully saturated rings. The molecule has 98 valence electrons. The molecule has 1 amide bonds. The molecule has 1 saturated heterocycles. The lowest BCUT2D eigenvalue weighted by atomic mass is 9.87. The van der Waals surface area contributed by atoms with E-state index in [1.54, 1.807) is 0 Å². The number of rotatable bonds is 7. The largest absolute Gasteiger partial charge is 0.481 e. The lowest BCUT2D eigenvalue weighted by Gasteiger charge is -2.18. The van der Waals surface area contributed by atoms with Crippen LogP contribution >= 0.6 is 0 Å². The molecule has 0 aromatic carbocycles. The van der Waals surface area contributed by atoms with E-state index >= 15 is 0 Å². The smallest absolute Gasteiger partial charge is 0.306 e. The molecule has 0 aliphatic carbocycles. The maximum Gasteiger partial charge on any atom is 0.306 e. The molecule has 5 nitrogen and oxygen atoms in total. The SMILES string of the molecule is CC(=O)NCCCCC(C(=O)O)C1CCNC1. The fourth-order valence-corrected chi connectivity index (χ4v) is 2.33. The third kappa shape index (κ3) is 5.17. The van der Waals surface area contributed by atoms with Gasteiger partial charge in [0.15, 0.2) is 0 Å². The number of carbonyl (C=O) groups is 2. The molecule has 1 aliphatic rings. The summed E-state index contributed by atoms with van der Waals surface area (Å²) in [6, 6.07) is 0.